The van der Waals surface area contributed by atoms with Gasteiger partial charge in [-0.2, -0.15) is 0 Å². The van der Waals surface area contributed by atoms with Gasteiger partial charge in [0.05, 0.1) is 0 Å². The van der Waals surface area contributed by atoms with Gasteiger partial charge in [0.15, 0.2) is 0 Å². The zero-order chi connectivity index (χ0) is 4.24. The molecule has 6 heavy (non-hydrogen) atoms. The molecule has 0 saturated carbocycles. The second-order valence-electron chi connectivity index (χ2n) is 1.73. The first kappa shape index (κ1) is 4.38. The van der Waals surface area contributed by atoms with E-state index in [1.807, 2.05) is 0 Å². The van der Waals surface area contributed by atoms with Crippen molar-refractivity contribution >= 4 is 9.52 Å². The number of hydrogen-bond acceptors (Lipinski definition) is 0. The fraction of sp³-hybridized carbons (Fsp3) is 0.800. The summed E-state index contributed by atoms with van der Waals surface area (Å²) in [5.41, 5.74) is 0. The molecule has 0 aromatic heterocycles. The molecule has 0 unspecified atom stereocenters. The molecule has 0 N–H and O–H groups in total. The van der Waals surface area contributed by atoms with Crippen LogP contribution in [0, 0.1) is 6.42 Å². The molecule has 1 rings (SSSR count). The maximum atomic E-state index is 2.41. The fourth-order valence-electron chi connectivity index (χ4n) is 0.760. The lowest BCUT2D eigenvalue weighted by Gasteiger charge is -2.04. The second-order valence-corrected chi connectivity index (χ2v) is 3.46. The second kappa shape index (κ2) is 2.40. The van der Waals surface area contributed by atoms with Crippen LogP contribution in [-0.2, 0) is 0 Å². The van der Waals surface area contributed by atoms with Crippen LogP contribution < -0.4 is 0 Å². The Kier molecular flexibility index (Phi) is 1.75. The molecule has 34 valence electrons. The first-order valence-electron chi connectivity index (χ1n) is 2.63. The molecule has 0 spiro atoms. The van der Waals surface area contributed by atoms with Crippen molar-refractivity contribution in [3.63, 3.8) is 0 Å². The van der Waals surface area contributed by atoms with E-state index < -0.39 is 0 Å². The predicted octanol–water partition coefficient (Wildman–Crippen LogP) is 1.26. The Bertz CT molecular complexity index is 19.4. The van der Waals surface area contributed by atoms with Crippen LogP contribution in [0.3, 0.4) is 0 Å². The lowest BCUT2D eigenvalue weighted by Crippen LogP contribution is -1.95. The summed E-state index contributed by atoms with van der Waals surface area (Å²) < 4.78 is 0. The molecule has 1 aliphatic rings. The molecule has 0 aliphatic carbocycles. The summed E-state index contributed by atoms with van der Waals surface area (Å²) in [6.45, 7) is 0. The van der Waals surface area contributed by atoms with Crippen LogP contribution >= 0.6 is 0 Å². The van der Waals surface area contributed by atoms with Crippen molar-refractivity contribution in [3.8, 4) is 0 Å². The van der Waals surface area contributed by atoms with Crippen molar-refractivity contribution in [1.82, 2.24) is 0 Å². The van der Waals surface area contributed by atoms with Crippen LogP contribution in [0.2, 0.25) is 12.1 Å². The molecular weight excluding hydrogens is 88.1 g/mol. The third-order valence-electron chi connectivity index (χ3n) is 1.15. The van der Waals surface area contributed by atoms with Gasteiger partial charge < -0.3 is 0 Å². The van der Waals surface area contributed by atoms with Gasteiger partial charge in [0.1, 0.15) is 0 Å². The Balaban J connectivity index is 2.00. The molecule has 1 heteroatoms. The monoisotopic (exact) mass is 98.1 g/mol. The summed E-state index contributed by atoms with van der Waals surface area (Å²) >= 11 is 0. The fourth-order valence-corrected chi connectivity index (χ4v) is 1.99. The maximum absolute atomic E-state index is 2.41. The Morgan fingerprint density at radius 1 is 1.17 bits per heavy atom. The Morgan fingerprint density at radius 3 is 2.00 bits per heavy atom. The average molecular weight is 98.2 g/mol. The Labute approximate surface area is 41.8 Å². The summed E-state index contributed by atoms with van der Waals surface area (Å²) in [5, 5.41) is 0. The summed E-state index contributed by atoms with van der Waals surface area (Å²) in [4.78, 5) is 0. The van der Waals surface area contributed by atoms with Gasteiger partial charge >= 0.3 is 0 Å². The Hall–Kier alpha value is 0.217. The minimum absolute atomic E-state index is 0.874. The summed E-state index contributed by atoms with van der Waals surface area (Å²) in [6, 6.07) is 3.06. The SMILES string of the molecule is [CH]1CC[SiH]CC1. The van der Waals surface area contributed by atoms with Gasteiger partial charge in [-0.05, 0) is 6.42 Å². The van der Waals surface area contributed by atoms with Crippen molar-refractivity contribution in [1.29, 1.82) is 0 Å². The molecule has 1 fully saturated rings. The molecule has 0 aromatic carbocycles. The van der Waals surface area contributed by atoms with Gasteiger partial charge in [0, 0.05) is 9.52 Å². The summed E-state index contributed by atoms with van der Waals surface area (Å²) in [6.07, 6.45) is 5.24. The van der Waals surface area contributed by atoms with E-state index in [-0.39, 0.29) is 0 Å². The smallest absolute Gasteiger partial charge is 0.0280 e. The van der Waals surface area contributed by atoms with Gasteiger partial charge in [-0.1, -0.05) is 24.9 Å². The topological polar surface area (TPSA) is 0 Å². The third-order valence-corrected chi connectivity index (χ3v) is 2.63. The van der Waals surface area contributed by atoms with Crippen molar-refractivity contribution in [3.05, 3.63) is 6.42 Å². The predicted molar refractivity (Wildman–Crippen MR) is 30.3 cm³/mol. The van der Waals surface area contributed by atoms with Gasteiger partial charge in [-0.15, -0.1) is 0 Å². The summed E-state index contributed by atoms with van der Waals surface area (Å²) in [5.74, 6) is 0. The highest BCUT2D eigenvalue weighted by atomic mass is 28.2. The molecule has 2 radical (unpaired) electrons. The minimum Gasteiger partial charge on any atom is -0.0618 e. The van der Waals surface area contributed by atoms with Crippen molar-refractivity contribution in [2.75, 3.05) is 0 Å². The lowest BCUT2D eigenvalue weighted by atomic mass is 10.3. The standard InChI is InChI=1S/C5H10Si/c1-2-4-6-5-3-1/h1,6H,2-5H2. The van der Waals surface area contributed by atoms with Crippen molar-refractivity contribution in [2.45, 2.75) is 24.9 Å². The van der Waals surface area contributed by atoms with Gasteiger partial charge in [-0.3, -0.25) is 0 Å². The van der Waals surface area contributed by atoms with Crippen molar-refractivity contribution < 1.29 is 0 Å². The van der Waals surface area contributed by atoms with Gasteiger partial charge in [-0.25, -0.2) is 0 Å². The quantitative estimate of drug-likeness (QED) is 0.400. The Morgan fingerprint density at radius 2 is 1.83 bits per heavy atom. The number of rotatable bonds is 0. The highest BCUT2D eigenvalue weighted by molar-refractivity contribution is 6.35. The average Bonchev–Trinajstić information content (AvgIpc) is 1.72. The maximum Gasteiger partial charge on any atom is 0.0280 e. The van der Waals surface area contributed by atoms with E-state index in [2.05, 4.69) is 6.42 Å². The van der Waals surface area contributed by atoms with Crippen LogP contribution in [0.5, 0.6) is 0 Å². The molecular formula is C5H10Si. The van der Waals surface area contributed by atoms with E-state index in [4.69, 9.17) is 0 Å². The molecule has 0 nitrogen and oxygen atoms in total. The third kappa shape index (κ3) is 1.13. The van der Waals surface area contributed by atoms with Crippen molar-refractivity contribution in [2.24, 2.45) is 0 Å². The molecule has 0 atom stereocenters. The van der Waals surface area contributed by atoms with E-state index >= 15 is 0 Å². The van der Waals surface area contributed by atoms with Crippen LogP contribution in [0.1, 0.15) is 12.8 Å². The zero-order valence-corrected chi connectivity index (χ0v) is 5.14. The van der Waals surface area contributed by atoms with Crippen LogP contribution in [-0.4, -0.2) is 9.52 Å². The van der Waals surface area contributed by atoms with Gasteiger partial charge in [0.2, 0.25) is 0 Å². The van der Waals surface area contributed by atoms with E-state index in [0.717, 1.165) is 9.52 Å². The molecule has 0 amide bonds. The minimum atomic E-state index is 0.874. The molecule has 0 bridgehead atoms. The van der Waals surface area contributed by atoms with Crippen LogP contribution in [0.15, 0.2) is 0 Å². The zero-order valence-electron chi connectivity index (χ0n) is 3.98. The van der Waals surface area contributed by atoms with Crippen LogP contribution in [0.4, 0.5) is 0 Å². The highest BCUT2D eigenvalue weighted by Gasteiger charge is 1.96. The van der Waals surface area contributed by atoms with E-state index in [1.165, 1.54) is 24.9 Å². The molecule has 1 aliphatic heterocycles. The van der Waals surface area contributed by atoms with Gasteiger partial charge in [0.25, 0.3) is 0 Å². The van der Waals surface area contributed by atoms with E-state index in [1.54, 1.807) is 0 Å². The lowest BCUT2D eigenvalue weighted by molar-refractivity contribution is 0.914. The van der Waals surface area contributed by atoms with E-state index in [0.29, 0.717) is 0 Å². The molecule has 1 heterocycles. The summed E-state index contributed by atoms with van der Waals surface area (Å²) in [7, 11) is 0.874. The first-order chi connectivity index (χ1) is 3.00. The largest absolute Gasteiger partial charge is 0.0618 e. The normalized spacial score (nSPS) is 24.0. The highest BCUT2D eigenvalue weighted by Crippen LogP contribution is 2.09. The number of hydrogen-bond donors (Lipinski definition) is 0. The van der Waals surface area contributed by atoms with Crippen LogP contribution in [0.25, 0.3) is 0 Å². The first-order valence-corrected chi connectivity index (χ1v) is 4.27. The molecule has 0 aromatic rings. The van der Waals surface area contributed by atoms with E-state index in [9.17, 15) is 0 Å². The molecule has 1 saturated heterocycles.